The second kappa shape index (κ2) is 12.6. The molecule has 2 heterocycles. The van der Waals surface area contributed by atoms with Gasteiger partial charge in [-0.2, -0.15) is 0 Å². The van der Waals surface area contributed by atoms with Crippen LogP contribution in [0.1, 0.15) is 48.6 Å². The number of aliphatic hydroxyl groups excluding tert-OH is 1. The van der Waals surface area contributed by atoms with Crippen LogP contribution in [0.15, 0.2) is 42.8 Å². The van der Waals surface area contributed by atoms with E-state index in [0.717, 1.165) is 5.69 Å². The minimum absolute atomic E-state index is 0.0194. The van der Waals surface area contributed by atoms with Crippen LogP contribution in [-0.4, -0.2) is 67.2 Å². The molecule has 0 radical (unpaired) electrons. The Morgan fingerprint density at radius 2 is 1.82 bits per heavy atom. The number of aliphatic carboxylic acids is 1. The second-order valence-corrected chi connectivity index (χ2v) is 9.15. The number of carboxylic acids is 1. The first-order valence-corrected chi connectivity index (χ1v) is 12.1. The normalized spacial score (nSPS) is 11.7. The zero-order chi connectivity index (χ0) is 28.7. The highest BCUT2D eigenvalue weighted by Crippen LogP contribution is 2.19. The summed E-state index contributed by atoms with van der Waals surface area (Å²) >= 11 is 0. The minimum Gasteiger partial charge on any atom is -0.513 e. The number of nitrogens with zero attached hydrogens (tertiary/aromatic N) is 5. The molecule has 0 aliphatic carbocycles. The highest BCUT2D eigenvalue weighted by atomic mass is 16.5. The highest BCUT2D eigenvalue weighted by molar-refractivity contribution is 5.96. The number of allylic oxidation sites excluding steroid dienone is 1. The summed E-state index contributed by atoms with van der Waals surface area (Å²) < 4.78 is 5.12. The van der Waals surface area contributed by atoms with E-state index in [1.165, 1.54) is 0 Å². The number of hydrogen-bond acceptors (Lipinski definition) is 11. The number of carbonyl (C=O) groups is 3. The fraction of sp³-hybridized carbons (Fsp3) is 0.346. The predicted octanol–water partition coefficient (Wildman–Crippen LogP) is 2.17. The standard InChI is InChI=1S/C26H31N7O6/c1-14(2)39-21(35)11-20-31-23(27)22-24(32-20)28-12-17(29-22)13-33(4)18-8-6-16(7-9-18)25(36)30-19(26(37)38)10-5-15(3)34/h6-9,12,14,19,34H,3,5,10-11,13H2,1-2,4H3,(H,30,36)(H,37,38)(H2,27,28,31,32)/t19-/m0/s1. The Hall–Kier alpha value is -4.81. The van der Waals surface area contributed by atoms with Crippen molar-refractivity contribution in [1.82, 2.24) is 25.3 Å². The van der Waals surface area contributed by atoms with Gasteiger partial charge < -0.3 is 30.9 Å². The first kappa shape index (κ1) is 28.8. The van der Waals surface area contributed by atoms with Crippen LogP contribution in [0.4, 0.5) is 11.5 Å². The van der Waals surface area contributed by atoms with Gasteiger partial charge in [0.2, 0.25) is 0 Å². The Labute approximate surface area is 224 Å². The number of rotatable bonds is 12. The van der Waals surface area contributed by atoms with Crippen molar-refractivity contribution in [3.63, 3.8) is 0 Å². The maximum absolute atomic E-state index is 12.5. The minimum atomic E-state index is -1.20. The third-order valence-electron chi connectivity index (χ3n) is 5.49. The van der Waals surface area contributed by atoms with Crippen molar-refractivity contribution in [3.8, 4) is 0 Å². The first-order chi connectivity index (χ1) is 18.4. The number of benzene rings is 1. The molecular formula is C26H31N7O6. The monoisotopic (exact) mass is 537 g/mol. The number of aliphatic hydroxyl groups is 1. The van der Waals surface area contributed by atoms with Crippen LogP contribution in [0.5, 0.6) is 0 Å². The Kier molecular flexibility index (Phi) is 9.31. The van der Waals surface area contributed by atoms with Crippen molar-refractivity contribution >= 4 is 40.5 Å². The molecule has 2 aromatic heterocycles. The third kappa shape index (κ3) is 8.09. The maximum Gasteiger partial charge on any atom is 0.326 e. The van der Waals surface area contributed by atoms with Gasteiger partial charge in [-0.15, -0.1) is 0 Å². The molecule has 0 aliphatic rings. The zero-order valence-electron chi connectivity index (χ0n) is 21.9. The Morgan fingerprint density at radius 3 is 2.44 bits per heavy atom. The van der Waals surface area contributed by atoms with E-state index in [0.29, 0.717) is 17.8 Å². The lowest BCUT2D eigenvalue weighted by molar-refractivity contribution is -0.146. The summed E-state index contributed by atoms with van der Waals surface area (Å²) in [6, 6.07) is 5.43. The number of carboxylic acid groups (broad SMARTS) is 1. The van der Waals surface area contributed by atoms with Crippen LogP contribution in [0.2, 0.25) is 0 Å². The van der Waals surface area contributed by atoms with E-state index >= 15 is 0 Å². The molecule has 1 amide bonds. The van der Waals surface area contributed by atoms with E-state index < -0.39 is 23.9 Å². The summed E-state index contributed by atoms with van der Waals surface area (Å²) in [5.41, 5.74) is 8.28. The molecule has 3 rings (SSSR count). The fourth-order valence-electron chi connectivity index (χ4n) is 3.61. The summed E-state index contributed by atoms with van der Waals surface area (Å²) in [4.78, 5) is 55.0. The molecule has 0 unspecified atom stereocenters. The van der Waals surface area contributed by atoms with Crippen LogP contribution in [0.3, 0.4) is 0 Å². The van der Waals surface area contributed by atoms with Crippen LogP contribution in [-0.2, 0) is 27.3 Å². The molecule has 1 aromatic carbocycles. The Bertz CT molecular complexity index is 1380. The van der Waals surface area contributed by atoms with Crippen LogP contribution < -0.4 is 16.0 Å². The molecule has 13 heteroatoms. The van der Waals surface area contributed by atoms with Crippen molar-refractivity contribution in [3.05, 3.63) is 59.9 Å². The van der Waals surface area contributed by atoms with E-state index in [1.54, 1.807) is 44.3 Å². The summed E-state index contributed by atoms with van der Waals surface area (Å²) in [5, 5.41) is 21.0. The lowest BCUT2D eigenvalue weighted by Crippen LogP contribution is -2.40. The number of nitrogen functional groups attached to an aromatic ring is 1. The van der Waals surface area contributed by atoms with Gasteiger partial charge in [-0.25, -0.2) is 24.7 Å². The quantitative estimate of drug-likeness (QED) is 0.194. The number of ether oxygens (including phenoxy) is 1. The average molecular weight is 538 g/mol. The van der Waals surface area contributed by atoms with Crippen molar-refractivity contribution in [1.29, 1.82) is 0 Å². The summed E-state index contributed by atoms with van der Waals surface area (Å²) in [5.74, 6) is -2.07. The highest BCUT2D eigenvalue weighted by Gasteiger charge is 2.21. The fourth-order valence-corrected chi connectivity index (χ4v) is 3.61. The molecule has 0 spiro atoms. The number of carbonyl (C=O) groups excluding carboxylic acids is 2. The molecule has 1 atom stereocenters. The lowest BCUT2D eigenvalue weighted by atomic mass is 10.1. The van der Waals surface area contributed by atoms with Gasteiger partial charge in [-0.3, -0.25) is 9.59 Å². The summed E-state index contributed by atoms with van der Waals surface area (Å²) in [6.07, 6.45) is 1.25. The molecule has 0 aliphatic heterocycles. The van der Waals surface area contributed by atoms with Crippen molar-refractivity contribution < 1.29 is 29.3 Å². The predicted molar refractivity (Wildman–Crippen MR) is 143 cm³/mol. The van der Waals surface area contributed by atoms with E-state index in [-0.39, 0.29) is 54.0 Å². The van der Waals surface area contributed by atoms with Gasteiger partial charge >= 0.3 is 11.9 Å². The SMILES string of the molecule is C=C(O)CC[C@H](NC(=O)c1ccc(N(C)Cc2cnc3nc(CC(=O)OC(C)C)nc(N)c3n2)cc1)C(=O)O. The van der Waals surface area contributed by atoms with E-state index in [4.69, 9.17) is 10.5 Å². The lowest BCUT2D eigenvalue weighted by Gasteiger charge is -2.19. The number of hydrogen-bond donors (Lipinski definition) is 4. The Morgan fingerprint density at radius 1 is 1.13 bits per heavy atom. The number of amides is 1. The van der Waals surface area contributed by atoms with Crippen molar-refractivity contribution in [2.24, 2.45) is 0 Å². The topological polar surface area (TPSA) is 194 Å². The molecule has 0 bridgehead atoms. The molecule has 0 saturated carbocycles. The molecule has 3 aromatic rings. The largest absolute Gasteiger partial charge is 0.513 e. The van der Waals surface area contributed by atoms with Gasteiger partial charge in [0.1, 0.15) is 18.3 Å². The number of anilines is 2. The van der Waals surface area contributed by atoms with Gasteiger partial charge in [0.05, 0.1) is 30.3 Å². The number of nitrogens with one attached hydrogen (secondary N) is 1. The molecule has 206 valence electrons. The molecule has 5 N–H and O–H groups in total. The van der Waals surface area contributed by atoms with E-state index in [9.17, 15) is 24.6 Å². The third-order valence-corrected chi connectivity index (χ3v) is 5.49. The van der Waals surface area contributed by atoms with Crippen molar-refractivity contribution in [2.75, 3.05) is 17.7 Å². The van der Waals surface area contributed by atoms with Crippen molar-refractivity contribution in [2.45, 2.75) is 51.8 Å². The molecular weight excluding hydrogens is 506 g/mol. The number of aromatic nitrogens is 4. The maximum atomic E-state index is 12.5. The van der Waals surface area contributed by atoms with E-state index in [1.807, 2.05) is 11.9 Å². The number of fused-ring (bicyclic) bond motifs is 1. The Balaban J connectivity index is 1.67. The second-order valence-electron chi connectivity index (χ2n) is 9.15. The molecule has 0 saturated heterocycles. The first-order valence-electron chi connectivity index (χ1n) is 12.1. The van der Waals surface area contributed by atoms with Gasteiger partial charge in [-0.1, -0.05) is 6.58 Å². The van der Waals surface area contributed by atoms with Crippen LogP contribution in [0.25, 0.3) is 11.2 Å². The van der Waals surface area contributed by atoms with Gasteiger partial charge in [-0.05, 0) is 44.5 Å². The van der Waals surface area contributed by atoms with E-state index in [2.05, 4.69) is 31.8 Å². The molecule has 13 nitrogen and oxygen atoms in total. The molecule has 0 fully saturated rings. The van der Waals surface area contributed by atoms with Crippen LogP contribution in [0, 0.1) is 0 Å². The van der Waals surface area contributed by atoms with Gasteiger partial charge in [0.25, 0.3) is 5.91 Å². The van der Waals surface area contributed by atoms with Gasteiger partial charge in [0.15, 0.2) is 17.0 Å². The average Bonchev–Trinajstić information content (AvgIpc) is 2.86. The summed E-state index contributed by atoms with van der Waals surface area (Å²) in [7, 11) is 1.83. The van der Waals surface area contributed by atoms with Crippen LogP contribution >= 0.6 is 0 Å². The zero-order valence-corrected chi connectivity index (χ0v) is 21.9. The summed E-state index contributed by atoms with van der Waals surface area (Å²) in [6.45, 7) is 7.18. The van der Waals surface area contributed by atoms with Gasteiger partial charge in [0, 0.05) is 24.7 Å². The number of nitrogens with two attached hydrogens (primary N) is 1. The molecule has 39 heavy (non-hydrogen) atoms. The number of esters is 1. The smallest absolute Gasteiger partial charge is 0.326 e.